The van der Waals surface area contributed by atoms with Crippen LogP contribution in [0.4, 0.5) is 0 Å². The Bertz CT molecular complexity index is 795. The second-order valence-corrected chi connectivity index (χ2v) is 5.37. The fourth-order valence-corrected chi connectivity index (χ4v) is 2.38. The van der Waals surface area contributed by atoms with Crippen molar-refractivity contribution in [1.29, 1.82) is 0 Å². The minimum atomic E-state index is -0.278. The van der Waals surface area contributed by atoms with Gasteiger partial charge in [0.2, 0.25) is 0 Å². The van der Waals surface area contributed by atoms with Crippen LogP contribution < -0.4 is 14.9 Å². The van der Waals surface area contributed by atoms with Crippen molar-refractivity contribution in [2.75, 3.05) is 7.11 Å². The molecule has 5 heteroatoms. The van der Waals surface area contributed by atoms with Crippen molar-refractivity contribution < 1.29 is 14.3 Å². The summed E-state index contributed by atoms with van der Waals surface area (Å²) in [4.78, 5) is 12.0. The van der Waals surface area contributed by atoms with Crippen molar-refractivity contribution in [1.82, 2.24) is 5.43 Å². The molecule has 0 aromatic heterocycles. The summed E-state index contributed by atoms with van der Waals surface area (Å²) in [7, 11) is 1.58. The molecule has 1 unspecified atom stereocenters. The van der Waals surface area contributed by atoms with E-state index in [0.29, 0.717) is 11.3 Å². The second-order valence-electron chi connectivity index (χ2n) is 5.37. The van der Waals surface area contributed by atoms with Gasteiger partial charge < -0.3 is 9.47 Å². The molecule has 0 fully saturated rings. The molecule has 2 aromatic rings. The molecule has 1 atom stereocenters. The fourth-order valence-electron chi connectivity index (χ4n) is 2.38. The number of para-hydroxylation sites is 1. The van der Waals surface area contributed by atoms with E-state index in [1.54, 1.807) is 37.6 Å². The van der Waals surface area contributed by atoms with E-state index in [2.05, 4.69) is 10.5 Å². The lowest BCUT2D eigenvalue weighted by Crippen LogP contribution is -2.22. The van der Waals surface area contributed by atoms with Crippen LogP contribution in [0.3, 0.4) is 0 Å². The third kappa shape index (κ3) is 3.46. The van der Waals surface area contributed by atoms with E-state index >= 15 is 0 Å². The molecule has 122 valence electrons. The molecule has 1 N–H and O–H groups in total. The lowest BCUT2D eigenvalue weighted by Gasteiger charge is -2.22. The molecule has 0 saturated carbocycles. The van der Waals surface area contributed by atoms with Gasteiger partial charge in [-0.2, -0.15) is 5.10 Å². The van der Waals surface area contributed by atoms with E-state index in [9.17, 15) is 4.79 Å². The van der Waals surface area contributed by atoms with E-state index in [1.807, 2.05) is 37.3 Å². The number of carbonyl (C=O) groups is 1. The number of nitrogens with one attached hydrogen (secondary N) is 1. The largest absolute Gasteiger partial charge is 0.497 e. The third-order valence-corrected chi connectivity index (χ3v) is 3.75. The Morgan fingerprint density at radius 1 is 1.21 bits per heavy atom. The highest BCUT2D eigenvalue weighted by molar-refractivity contribution is 5.95. The third-order valence-electron chi connectivity index (χ3n) is 3.75. The zero-order valence-electron chi connectivity index (χ0n) is 13.5. The van der Waals surface area contributed by atoms with Crippen LogP contribution in [0.5, 0.6) is 11.5 Å². The standard InChI is InChI=1S/C19H18N2O3/c1-13-16(11-15-5-3-4-6-18(15)24-13)12-20-21-19(22)14-7-9-17(23-2)10-8-14/h3-13H,1-2H3,(H,21,22)/b20-12+. The van der Waals surface area contributed by atoms with Gasteiger partial charge in [0, 0.05) is 16.7 Å². The van der Waals surface area contributed by atoms with Crippen molar-refractivity contribution in [3.8, 4) is 11.5 Å². The number of hydrogen-bond donors (Lipinski definition) is 1. The summed E-state index contributed by atoms with van der Waals surface area (Å²) < 4.78 is 10.9. The van der Waals surface area contributed by atoms with Crippen LogP contribution in [0, 0.1) is 0 Å². The van der Waals surface area contributed by atoms with E-state index < -0.39 is 0 Å². The molecule has 3 rings (SSSR count). The first-order valence-electron chi connectivity index (χ1n) is 7.62. The number of methoxy groups -OCH3 is 1. The molecule has 2 aromatic carbocycles. The first-order valence-corrected chi connectivity index (χ1v) is 7.62. The van der Waals surface area contributed by atoms with Crippen molar-refractivity contribution >= 4 is 18.2 Å². The smallest absolute Gasteiger partial charge is 0.271 e. The number of rotatable bonds is 4. The maximum Gasteiger partial charge on any atom is 0.271 e. The molecule has 1 aliphatic rings. The molecule has 1 amide bonds. The van der Waals surface area contributed by atoms with Gasteiger partial charge in [-0.05, 0) is 43.3 Å². The van der Waals surface area contributed by atoms with E-state index in [-0.39, 0.29) is 12.0 Å². The van der Waals surface area contributed by atoms with Gasteiger partial charge in [0.25, 0.3) is 5.91 Å². The maximum atomic E-state index is 12.0. The van der Waals surface area contributed by atoms with Crippen molar-refractivity contribution in [3.63, 3.8) is 0 Å². The van der Waals surface area contributed by atoms with Crippen LogP contribution in [0.15, 0.2) is 59.2 Å². The highest BCUT2D eigenvalue weighted by Gasteiger charge is 2.16. The molecule has 1 aliphatic heterocycles. The number of benzene rings is 2. The van der Waals surface area contributed by atoms with Crippen molar-refractivity contribution in [3.05, 3.63) is 65.2 Å². The van der Waals surface area contributed by atoms with Gasteiger partial charge in [-0.25, -0.2) is 5.43 Å². The van der Waals surface area contributed by atoms with E-state index in [4.69, 9.17) is 9.47 Å². The van der Waals surface area contributed by atoms with Crippen LogP contribution in [-0.4, -0.2) is 25.3 Å². The molecule has 5 nitrogen and oxygen atoms in total. The first kappa shape index (κ1) is 15.8. The molecule has 1 heterocycles. The van der Waals surface area contributed by atoms with Gasteiger partial charge in [0.05, 0.1) is 13.3 Å². The highest BCUT2D eigenvalue weighted by Crippen LogP contribution is 2.28. The summed E-state index contributed by atoms with van der Waals surface area (Å²) in [5.41, 5.74) is 4.93. The van der Waals surface area contributed by atoms with Gasteiger partial charge in [0.15, 0.2) is 0 Å². The summed E-state index contributed by atoms with van der Waals surface area (Å²) in [5.74, 6) is 1.27. The summed E-state index contributed by atoms with van der Waals surface area (Å²) in [6.07, 6.45) is 3.50. The topological polar surface area (TPSA) is 59.9 Å². The molecule has 0 bridgehead atoms. The van der Waals surface area contributed by atoms with Gasteiger partial charge in [-0.1, -0.05) is 18.2 Å². The summed E-state index contributed by atoms with van der Waals surface area (Å²) in [5, 5.41) is 4.03. The number of carbonyl (C=O) groups excluding carboxylic acids is 1. The zero-order chi connectivity index (χ0) is 16.9. The maximum absolute atomic E-state index is 12.0. The Morgan fingerprint density at radius 3 is 2.71 bits per heavy atom. The number of amides is 1. The average molecular weight is 322 g/mol. The van der Waals surface area contributed by atoms with Crippen molar-refractivity contribution in [2.24, 2.45) is 5.10 Å². The molecule has 24 heavy (non-hydrogen) atoms. The van der Waals surface area contributed by atoms with E-state index in [1.165, 1.54) is 0 Å². The minimum Gasteiger partial charge on any atom is -0.497 e. The van der Waals surface area contributed by atoms with E-state index in [0.717, 1.165) is 16.9 Å². The molecule has 0 aliphatic carbocycles. The van der Waals surface area contributed by atoms with Gasteiger partial charge in [0.1, 0.15) is 17.6 Å². The monoisotopic (exact) mass is 322 g/mol. The van der Waals surface area contributed by atoms with Crippen LogP contribution in [-0.2, 0) is 0 Å². The second kappa shape index (κ2) is 7.00. The predicted molar refractivity (Wildman–Crippen MR) is 93.5 cm³/mol. The quantitative estimate of drug-likeness (QED) is 0.694. The summed E-state index contributed by atoms with van der Waals surface area (Å²) in [6.45, 7) is 1.94. The average Bonchev–Trinajstić information content (AvgIpc) is 2.62. The lowest BCUT2D eigenvalue weighted by molar-refractivity contribution is 0.0955. The normalized spacial score (nSPS) is 16.1. The highest BCUT2D eigenvalue weighted by atomic mass is 16.5. The SMILES string of the molecule is COc1ccc(C(=O)N/N=C/C2=Cc3ccccc3OC2C)cc1. The summed E-state index contributed by atoms with van der Waals surface area (Å²) in [6, 6.07) is 14.6. The Hall–Kier alpha value is -3.08. The number of ether oxygens (including phenoxy) is 2. The molecular weight excluding hydrogens is 304 g/mol. The van der Waals surface area contributed by atoms with Crippen LogP contribution in [0.1, 0.15) is 22.8 Å². The predicted octanol–water partition coefficient (Wildman–Crippen LogP) is 3.28. The number of nitrogens with zero attached hydrogens (tertiary/aromatic N) is 1. The number of hydrogen-bond acceptors (Lipinski definition) is 4. The molecular formula is C19H18N2O3. The summed E-state index contributed by atoms with van der Waals surface area (Å²) >= 11 is 0. The minimum absolute atomic E-state index is 0.124. The van der Waals surface area contributed by atoms with Crippen molar-refractivity contribution in [2.45, 2.75) is 13.0 Å². The van der Waals surface area contributed by atoms with Crippen LogP contribution in [0.2, 0.25) is 0 Å². The number of fused-ring (bicyclic) bond motifs is 1. The Kier molecular flexibility index (Phi) is 4.61. The molecule has 0 spiro atoms. The Morgan fingerprint density at radius 2 is 1.96 bits per heavy atom. The van der Waals surface area contributed by atoms with Gasteiger partial charge in [-0.3, -0.25) is 4.79 Å². The Labute approximate surface area is 140 Å². The van der Waals surface area contributed by atoms with Gasteiger partial charge >= 0.3 is 0 Å². The lowest BCUT2D eigenvalue weighted by atomic mass is 10.0. The molecule has 0 saturated heterocycles. The Balaban J connectivity index is 1.67. The van der Waals surface area contributed by atoms with Gasteiger partial charge in [-0.15, -0.1) is 0 Å². The zero-order valence-corrected chi connectivity index (χ0v) is 13.5. The first-order chi connectivity index (χ1) is 11.7. The van der Waals surface area contributed by atoms with Crippen LogP contribution in [0.25, 0.3) is 6.08 Å². The number of hydrazone groups is 1. The fraction of sp³-hybridized carbons (Fsp3) is 0.158. The molecule has 0 radical (unpaired) electrons. The van der Waals surface area contributed by atoms with Crippen LogP contribution >= 0.6 is 0 Å².